The topological polar surface area (TPSA) is 50.8 Å². The van der Waals surface area contributed by atoms with E-state index < -0.39 is 0 Å². The quantitative estimate of drug-likeness (QED) is 0.743. The van der Waals surface area contributed by atoms with Crippen LogP contribution in [0.3, 0.4) is 0 Å². The highest BCUT2D eigenvalue weighted by Crippen LogP contribution is 2.31. The number of hydrogen-bond donors (Lipinski definition) is 1. The lowest BCUT2D eigenvalue weighted by atomic mass is 10.1. The second-order valence-corrected chi connectivity index (χ2v) is 6.84. The van der Waals surface area contributed by atoms with Crippen molar-refractivity contribution in [3.8, 4) is 11.5 Å². The molecule has 2 aromatic rings. The number of ether oxygens (including phenoxy) is 2. The minimum absolute atomic E-state index is 0.102. The molecule has 0 unspecified atom stereocenters. The molecule has 1 amide bonds. The number of amides is 1. The van der Waals surface area contributed by atoms with Gasteiger partial charge in [-0.05, 0) is 56.5 Å². The van der Waals surface area contributed by atoms with Crippen molar-refractivity contribution >= 4 is 28.9 Å². The Kier molecular flexibility index (Phi) is 6.82. The molecule has 5 nitrogen and oxygen atoms in total. The summed E-state index contributed by atoms with van der Waals surface area (Å²) in [6.45, 7) is 4.39. The molecule has 0 aromatic heterocycles. The van der Waals surface area contributed by atoms with E-state index >= 15 is 0 Å². The smallest absolute Gasteiger partial charge is 0.262 e. The van der Waals surface area contributed by atoms with Gasteiger partial charge in [0.25, 0.3) is 5.91 Å². The fourth-order valence-corrected chi connectivity index (χ4v) is 3.46. The molecule has 1 saturated heterocycles. The number of carbonyl (C=O) groups excluding carboxylic acids is 1. The van der Waals surface area contributed by atoms with Gasteiger partial charge < -0.3 is 19.7 Å². The predicted octanol–water partition coefficient (Wildman–Crippen LogP) is 4.75. The lowest BCUT2D eigenvalue weighted by Gasteiger charge is -2.29. The Balaban J connectivity index is 1.57. The van der Waals surface area contributed by atoms with Crippen molar-refractivity contribution < 1.29 is 14.3 Å². The fraction of sp³-hybridized carbons (Fsp3) is 0.381. The van der Waals surface area contributed by atoms with Crippen LogP contribution in [0.25, 0.3) is 0 Å². The highest BCUT2D eigenvalue weighted by Gasteiger charge is 2.15. The summed E-state index contributed by atoms with van der Waals surface area (Å²) in [4.78, 5) is 14.5. The zero-order chi connectivity index (χ0) is 19.1. The first-order valence-electron chi connectivity index (χ1n) is 9.36. The molecule has 3 rings (SSSR count). The minimum atomic E-state index is -0.247. The molecule has 1 N–H and O–H groups in total. The van der Waals surface area contributed by atoms with Gasteiger partial charge >= 0.3 is 0 Å². The number of rotatable bonds is 7. The number of piperidine rings is 1. The summed E-state index contributed by atoms with van der Waals surface area (Å²) in [6.07, 6.45) is 3.65. The first kappa shape index (κ1) is 19.4. The third-order valence-electron chi connectivity index (χ3n) is 4.44. The average Bonchev–Trinajstić information content (AvgIpc) is 2.68. The van der Waals surface area contributed by atoms with E-state index in [9.17, 15) is 4.79 Å². The number of para-hydroxylation sites is 2. The number of anilines is 2. The molecule has 1 heterocycles. The van der Waals surface area contributed by atoms with Crippen molar-refractivity contribution in [1.82, 2.24) is 0 Å². The first-order valence-corrected chi connectivity index (χ1v) is 9.74. The van der Waals surface area contributed by atoms with E-state index in [1.165, 1.54) is 19.3 Å². The summed E-state index contributed by atoms with van der Waals surface area (Å²) >= 11 is 6.43. The molecular weight excluding hydrogens is 364 g/mol. The van der Waals surface area contributed by atoms with Gasteiger partial charge in [-0.3, -0.25) is 4.79 Å². The van der Waals surface area contributed by atoms with E-state index in [0.29, 0.717) is 28.8 Å². The van der Waals surface area contributed by atoms with Crippen LogP contribution in [0.15, 0.2) is 42.5 Å². The lowest BCUT2D eigenvalue weighted by molar-refractivity contribution is -0.118. The van der Waals surface area contributed by atoms with Crippen LogP contribution in [0.2, 0.25) is 5.02 Å². The second-order valence-electron chi connectivity index (χ2n) is 6.43. The summed E-state index contributed by atoms with van der Waals surface area (Å²) in [5.74, 6) is 0.929. The molecule has 0 atom stereocenters. The normalized spacial score (nSPS) is 13.9. The maximum atomic E-state index is 12.2. The van der Waals surface area contributed by atoms with E-state index in [-0.39, 0.29) is 12.5 Å². The summed E-state index contributed by atoms with van der Waals surface area (Å²) in [5, 5.41) is 3.48. The largest absolute Gasteiger partial charge is 0.490 e. The third-order valence-corrected chi connectivity index (χ3v) is 4.74. The summed E-state index contributed by atoms with van der Waals surface area (Å²) in [5.41, 5.74) is 1.68. The van der Waals surface area contributed by atoms with Gasteiger partial charge in [0.05, 0.1) is 17.3 Å². The van der Waals surface area contributed by atoms with Crippen molar-refractivity contribution in [2.75, 3.05) is 36.5 Å². The van der Waals surface area contributed by atoms with E-state index in [4.69, 9.17) is 21.1 Å². The van der Waals surface area contributed by atoms with Crippen molar-refractivity contribution in [2.45, 2.75) is 26.2 Å². The van der Waals surface area contributed by atoms with Crippen LogP contribution >= 0.6 is 11.6 Å². The Bertz CT molecular complexity index is 776. The summed E-state index contributed by atoms with van der Waals surface area (Å²) < 4.78 is 11.1. The maximum absolute atomic E-state index is 12.2. The van der Waals surface area contributed by atoms with Crippen LogP contribution in [0.4, 0.5) is 11.4 Å². The molecule has 6 heteroatoms. The first-order chi connectivity index (χ1) is 13.2. The van der Waals surface area contributed by atoms with Crippen LogP contribution in [0, 0.1) is 0 Å². The number of carbonyl (C=O) groups is 1. The Morgan fingerprint density at radius 3 is 2.44 bits per heavy atom. The molecule has 1 fully saturated rings. The van der Waals surface area contributed by atoms with Gasteiger partial charge in [-0.15, -0.1) is 0 Å². The highest BCUT2D eigenvalue weighted by molar-refractivity contribution is 6.33. The number of nitrogens with zero attached hydrogens (tertiary/aromatic N) is 1. The summed E-state index contributed by atoms with van der Waals surface area (Å²) in [7, 11) is 0. The fourth-order valence-electron chi connectivity index (χ4n) is 3.16. The van der Waals surface area contributed by atoms with Gasteiger partial charge in [-0.1, -0.05) is 23.7 Å². The predicted molar refractivity (Wildman–Crippen MR) is 109 cm³/mol. The standard InChI is InChI=1S/C21H25ClN2O3/c1-2-26-19-8-4-5-9-20(19)27-15-21(25)23-16-10-11-18(17(22)14-16)24-12-6-3-7-13-24/h4-5,8-11,14H,2-3,6-7,12-13,15H2,1H3,(H,23,25). The van der Waals surface area contributed by atoms with Gasteiger partial charge in [0, 0.05) is 18.8 Å². The second kappa shape index (κ2) is 9.51. The molecule has 27 heavy (non-hydrogen) atoms. The monoisotopic (exact) mass is 388 g/mol. The molecule has 0 saturated carbocycles. The average molecular weight is 389 g/mol. The van der Waals surface area contributed by atoms with E-state index in [1.54, 1.807) is 12.1 Å². The Hall–Kier alpha value is -2.40. The molecule has 0 radical (unpaired) electrons. The van der Waals surface area contributed by atoms with Gasteiger partial charge in [0.1, 0.15) is 0 Å². The number of nitrogens with one attached hydrogen (secondary N) is 1. The zero-order valence-corrected chi connectivity index (χ0v) is 16.3. The molecule has 144 valence electrons. The van der Waals surface area contributed by atoms with Gasteiger partial charge in [-0.2, -0.15) is 0 Å². The lowest BCUT2D eigenvalue weighted by Crippen LogP contribution is -2.29. The Morgan fingerprint density at radius 2 is 1.78 bits per heavy atom. The van der Waals surface area contributed by atoms with Crippen LogP contribution in [-0.2, 0) is 4.79 Å². The molecule has 2 aromatic carbocycles. The maximum Gasteiger partial charge on any atom is 0.262 e. The minimum Gasteiger partial charge on any atom is -0.490 e. The zero-order valence-electron chi connectivity index (χ0n) is 15.5. The molecule has 1 aliphatic heterocycles. The van der Waals surface area contributed by atoms with Crippen LogP contribution < -0.4 is 19.7 Å². The molecule has 0 spiro atoms. The number of halogens is 1. The van der Waals surface area contributed by atoms with Crippen LogP contribution in [-0.4, -0.2) is 32.2 Å². The van der Waals surface area contributed by atoms with Crippen molar-refractivity contribution in [3.63, 3.8) is 0 Å². The number of hydrogen-bond acceptors (Lipinski definition) is 4. The SMILES string of the molecule is CCOc1ccccc1OCC(=O)Nc1ccc(N2CCCCC2)c(Cl)c1. The van der Waals surface area contributed by atoms with Crippen LogP contribution in [0.1, 0.15) is 26.2 Å². The van der Waals surface area contributed by atoms with E-state index in [1.807, 2.05) is 37.3 Å². The van der Waals surface area contributed by atoms with Gasteiger partial charge in [-0.25, -0.2) is 0 Å². The van der Waals surface area contributed by atoms with Crippen molar-refractivity contribution in [2.24, 2.45) is 0 Å². The van der Waals surface area contributed by atoms with Gasteiger partial charge in [0.2, 0.25) is 0 Å². The summed E-state index contributed by atoms with van der Waals surface area (Å²) in [6, 6.07) is 12.9. The van der Waals surface area contributed by atoms with Crippen molar-refractivity contribution in [1.29, 1.82) is 0 Å². The van der Waals surface area contributed by atoms with Gasteiger partial charge in [0.15, 0.2) is 18.1 Å². The van der Waals surface area contributed by atoms with Crippen LogP contribution in [0.5, 0.6) is 11.5 Å². The third kappa shape index (κ3) is 5.30. The van der Waals surface area contributed by atoms with E-state index in [0.717, 1.165) is 18.8 Å². The Labute approximate surface area is 165 Å². The van der Waals surface area contributed by atoms with E-state index in [2.05, 4.69) is 10.2 Å². The molecule has 0 aliphatic carbocycles. The number of benzene rings is 2. The highest BCUT2D eigenvalue weighted by atomic mass is 35.5. The van der Waals surface area contributed by atoms with Crippen molar-refractivity contribution in [3.05, 3.63) is 47.5 Å². The molecular formula is C21H25ClN2O3. The Morgan fingerprint density at radius 1 is 1.07 bits per heavy atom. The molecule has 0 bridgehead atoms. The molecule has 1 aliphatic rings.